The van der Waals surface area contributed by atoms with Crippen LogP contribution >= 0.6 is 0 Å². The normalized spacial score (nSPS) is 24.7. The molecule has 0 aliphatic carbocycles. The summed E-state index contributed by atoms with van der Waals surface area (Å²) in [6, 6.07) is 4.00. The van der Waals surface area contributed by atoms with Gasteiger partial charge >= 0.3 is 0 Å². The molecule has 94 valence electrons. The van der Waals surface area contributed by atoms with Crippen LogP contribution in [0.25, 0.3) is 0 Å². The van der Waals surface area contributed by atoms with Crippen molar-refractivity contribution in [3.8, 4) is 5.75 Å². The second-order valence-corrected chi connectivity index (χ2v) is 4.82. The first-order chi connectivity index (χ1) is 8.07. The molecule has 2 rings (SSSR count). The molecule has 1 aromatic carbocycles. The minimum absolute atomic E-state index is 0.389. The SMILES string of the molecule is COc1cc(C)c(C2(O)CCCOC2)cc1C. The Morgan fingerprint density at radius 3 is 2.65 bits per heavy atom. The Balaban J connectivity index is 2.41. The minimum Gasteiger partial charge on any atom is -0.496 e. The number of benzene rings is 1. The molecule has 0 aromatic heterocycles. The third-order valence-corrected chi connectivity index (χ3v) is 3.46. The molecule has 1 N–H and O–H groups in total. The number of rotatable bonds is 2. The molecule has 1 saturated heterocycles. The van der Waals surface area contributed by atoms with Gasteiger partial charge < -0.3 is 14.6 Å². The minimum atomic E-state index is -0.834. The van der Waals surface area contributed by atoms with Crippen LogP contribution < -0.4 is 4.74 Å². The van der Waals surface area contributed by atoms with Crippen LogP contribution in [0.2, 0.25) is 0 Å². The lowest BCUT2D eigenvalue weighted by Gasteiger charge is -2.34. The largest absolute Gasteiger partial charge is 0.496 e. The highest BCUT2D eigenvalue weighted by Crippen LogP contribution is 2.35. The summed E-state index contributed by atoms with van der Waals surface area (Å²) >= 11 is 0. The summed E-state index contributed by atoms with van der Waals surface area (Å²) in [4.78, 5) is 0. The lowest BCUT2D eigenvalue weighted by molar-refractivity contribution is -0.0906. The number of aliphatic hydroxyl groups is 1. The molecule has 1 aliphatic heterocycles. The van der Waals surface area contributed by atoms with Crippen molar-refractivity contribution in [3.63, 3.8) is 0 Å². The quantitative estimate of drug-likeness (QED) is 0.856. The number of ether oxygens (including phenoxy) is 2. The monoisotopic (exact) mass is 236 g/mol. The molecule has 1 atom stereocenters. The fourth-order valence-electron chi connectivity index (χ4n) is 2.50. The van der Waals surface area contributed by atoms with E-state index in [1.165, 1.54) is 0 Å². The van der Waals surface area contributed by atoms with Gasteiger partial charge in [0, 0.05) is 6.61 Å². The molecule has 3 heteroatoms. The molecule has 1 unspecified atom stereocenters. The van der Waals surface area contributed by atoms with Gasteiger partial charge in [-0.2, -0.15) is 0 Å². The second kappa shape index (κ2) is 4.67. The van der Waals surface area contributed by atoms with Gasteiger partial charge in [0.15, 0.2) is 0 Å². The highest BCUT2D eigenvalue weighted by Gasteiger charge is 2.33. The van der Waals surface area contributed by atoms with E-state index in [1.54, 1.807) is 7.11 Å². The van der Waals surface area contributed by atoms with E-state index < -0.39 is 5.60 Å². The molecule has 0 saturated carbocycles. The Morgan fingerprint density at radius 2 is 2.06 bits per heavy atom. The van der Waals surface area contributed by atoms with E-state index >= 15 is 0 Å². The van der Waals surface area contributed by atoms with Crippen LogP contribution in [0.3, 0.4) is 0 Å². The summed E-state index contributed by atoms with van der Waals surface area (Å²) in [5, 5.41) is 10.6. The number of hydrogen-bond donors (Lipinski definition) is 1. The summed E-state index contributed by atoms with van der Waals surface area (Å²) in [5.41, 5.74) is 2.24. The van der Waals surface area contributed by atoms with Crippen molar-refractivity contribution >= 4 is 0 Å². The summed E-state index contributed by atoms with van der Waals surface area (Å²) in [6.07, 6.45) is 1.67. The molecule has 3 nitrogen and oxygen atoms in total. The lowest BCUT2D eigenvalue weighted by Crippen LogP contribution is -2.36. The van der Waals surface area contributed by atoms with Gasteiger partial charge in [-0.3, -0.25) is 0 Å². The van der Waals surface area contributed by atoms with Gasteiger partial charge in [-0.1, -0.05) is 0 Å². The summed E-state index contributed by atoms with van der Waals surface area (Å²) in [6.45, 7) is 5.13. The maximum Gasteiger partial charge on any atom is 0.122 e. The highest BCUT2D eigenvalue weighted by molar-refractivity contribution is 5.44. The standard InChI is InChI=1S/C14H20O3/c1-10-8-13(16-3)11(2)7-12(10)14(15)5-4-6-17-9-14/h7-8,15H,4-6,9H2,1-3H3. The Bertz CT molecular complexity index is 406. The van der Waals surface area contributed by atoms with Crippen LogP contribution in [-0.4, -0.2) is 25.4 Å². The molecule has 1 aromatic rings. The maximum atomic E-state index is 10.6. The predicted molar refractivity (Wildman–Crippen MR) is 66.4 cm³/mol. The first kappa shape index (κ1) is 12.4. The van der Waals surface area contributed by atoms with E-state index in [1.807, 2.05) is 26.0 Å². The average molecular weight is 236 g/mol. The number of hydrogen-bond acceptors (Lipinski definition) is 3. The summed E-state index contributed by atoms with van der Waals surface area (Å²) in [7, 11) is 1.67. The van der Waals surface area contributed by atoms with Gasteiger partial charge in [0.25, 0.3) is 0 Å². The van der Waals surface area contributed by atoms with Gasteiger partial charge in [0.2, 0.25) is 0 Å². The third kappa shape index (κ3) is 2.31. The molecule has 0 radical (unpaired) electrons. The highest BCUT2D eigenvalue weighted by atomic mass is 16.5. The first-order valence-corrected chi connectivity index (χ1v) is 6.03. The molecule has 17 heavy (non-hydrogen) atoms. The van der Waals surface area contributed by atoms with Crippen LogP contribution in [0, 0.1) is 13.8 Å². The van der Waals surface area contributed by atoms with E-state index in [0.29, 0.717) is 6.61 Å². The van der Waals surface area contributed by atoms with Gasteiger partial charge in [0.05, 0.1) is 13.7 Å². The topological polar surface area (TPSA) is 38.7 Å². The van der Waals surface area contributed by atoms with Crippen LogP contribution in [0.4, 0.5) is 0 Å². The molecular weight excluding hydrogens is 216 g/mol. The van der Waals surface area contributed by atoms with Crippen LogP contribution in [0.5, 0.6) is 5.75 Å². The average Bonchev–Trinajstić information content (AvgIpc) is 2.32. The Morgan fingerprint density at radius 1 is 1.29 bits per heavy atom. The molecule has 1 aliphatic rings. The molecule has 1 heterocycles. The van der Waals surface area contributed by atoms with Crippen molar-refractivity contribution in [2.75, 3.05) is 20.3 Å². The Kier molecular flexibility index (Phi) is 3.40. The van der Waals surface area contributed by atoms with E-state index in [4.69, 9.17) is 9.47 Å². The lowest BCUT2D eigenvalue weighted by atomic mass is 9.85. The molecule has 0 amide bonds. The number of aryl methyl sites for hydroxylation is 2. The van der Waals surface area contributed by atoms with Crippen molar-refractivity contribution in [1.29, 1.82) is 0 Å². The van der Waals surface area contributed by atoms with Crippen molar-refractivity contribution in [2.45, 2.75) is 32.3 Å². The van der Waals surface area contributed by atoms with Crippen LogP contribution in [0.1, 0.15) is 29.5 Å². The predicted octanol–water partition coefficient (Wildman–Crippen LogP) is 2.31. The van der Waals surface area contributed by atoms with Crippen LogP contribution in [-0.2, 0) is 10.3 Å². The van der Waals surface area contributed by atoms with Gasteiger partial charge in [-0.15, -0.1) is 0 Å². The molecular formula is C14H20O3. The Hall–Kier alpha value is -1.06. The fraction of sp³-hybridized carbons (Fsp3) is 0.571. The van der Waals surface area contributed by atoms with Crippen molar-refractivity contribution < 1.29 is 14.6 Å². The zero-order chi connectivity index (χ0) is 12.5. The van der Waals surface area contributed by atoms with E-state index in [-0.39, 0.29) is 0 Å². The second-order valence-electron chi connectivity index (χ2n) is 4.82. The fourth-order valence-corrected chi connectivity index (χ4v) is 2.50. The Labute approximate surface area is 102 Å². The van der Waals surface area contributed by atoms with Crippen molar-refractivity contribution in [3.05, 3.63) is 28.8 Å². The smallest absolute Gasteiger partial charge is 0.122 e. The third-order valence-electron chi connectivity index (χ3n) is 3.46. The van der Waals surface area contributed by atoms with Crippen molar-refractivity contribution in [2.24, 2.45) is 0 Å². The summed E-state index contributed by atoms with van der Waals surface area (Å²) < 4.78 is 10.7. The molecule has 0 spiro atoms. The zero-order valence-electron chi connectivity index (χ0n) is 10.7. The van der Waals surface area contributed by atoms with Gasteiger partial charge in [-0.25, -0.2) is 0 Å². The number of methoxy groups -OCH3 is 1. The molecule has 0 bridgehead atoms. The van der Waals surface area contributed by atoms with E-state index in [0.717, 1.165) is 41.9 Å². The van der Waals surface area contributed by atoms with Gasteiger partial charge in [-0.05, 0) is 55.5 Å². The van der Waals surface area contributed by atoms with Crippen LogP contribution in [0.15, 0.2) is 12.1 Å². The van der Waals surface area contributed by atoms with E-state index in [2.05, 4.69) is 0 Å². The first-order valence-electron chi connectivity index (χ1n) is 6.03. The molecule has 1 fully saturated rings. The van der Waals surface area contributed by atoms with E-state index in [9.17, 15) is 5.11 Å². The van der Waals surface area contributed by atoms with Gasteiger partial charge in [0.1, 0.15) is 11.4 Å². The maximum absolute atomic E-state index is 10.6. The summed E-state index contributed by atoms with van der Waals surface area (Å²) in [5.74, 6) is 0.867. The zero-order valence-corrected chi connectivity index (χ0v) is 10.7. The van der Waals surface area contributed by atoms with Crippen molar-refractivity contribution in [1.82, 2.24) is 0 Å².